The average Bonchev–Trinajstić information content (AvgIpc) is 2.87. The van der Waals surface area contributed by atoms with Crippen LogP contribution in [0.25, 0.3) is 5.57 Å². The number of halogens is 4. The third-order valence-corrected chi connectivity index (χ3v) is 7.37. The number of nitrogens with zero attached hydrogens (tertiary/aromatic N) is 2. The van der Waals surface area contributed by atoms with Crippen LogP contribution in [0.4, 0.5) is 17.6 Å². The van der Waals surface area contributed by atoms with Crippen LogP contribution in [0.5, 0.6) is 0 Å². The second-order valence-electron chi connectivity index (χ2n) is 10.1. The molecule has 0 radical (unpaired) electrons. The highest BCUT2D eigenvalue weighted by Gasteiger charge is 2.37. The minimum absolute atomic E-state index is 0.0359. The number of carbonyl (C=O) groups is 2. The van der Waals surface area contributed by atoms with E-state index in [2.05, 4.69) is 21.8 Å². The van der Waals surface area contributed by atoms with E-state index in [0.717, 1.165) is 12.3 Å². The van der Waals surface area contributed by atoms with Gasteiger partial charge in [-0.25, -0.2) is 4.39 Å². The molecule has 2 amide bonds. The van der Waals surface area contributed by atoms with Gasteiger partial charge in [0.25, 0.3) is 5.91 Å². The second-order valence-corrected chi connectivity index (χ2v) is 10.1. The fourth-order valence-corrected chi connectivity index (χ4v) is 4.98. The van der Waals surface area contributed by atoms with Crippen LogP contribution in [-0.4, -0.2) is 58.8 Å². The summed E-state index contributed by atoms with van der Waals surface area (Å²) in [4.78, 5) is 42.7. The summed E-state index contributed by atoms with van der Waals surface area (Å²) in [5, 5.41) is 2.57. The van der Waals surface area contributed by atoms with Gasteiger partial charge in [-0.05, 0) is 50.3 Å². The third-order valence-electron chi connectivity index (χ3n) is 7.37. The van der Waals surface area contributed by atoms with E-state index in [9.17, 15) is 27.6 Å². The number of piperazine rings is 1. The number of pyridine rings is 1. The Hall–Kier alpha value is -4.19. The van der Waals surface area contributed by atoms with E-state index >= 15 is 4.39 Å². The summed E-state index contributed by atoms with van der Waals surface area (Å²) in [6.07, 6.45) is -2.59. The number of benzene rings is 1. The summed E-state index contributed by atoms with van der Waals surface area (Å²) >= 11 is 0. The molecule has 4 rings (SSSR count). The number of hydrogen-bond acceptors (Lipinski definition) is 5. The lowest BCUT2D eigenvalue weighted by atomic mass is 9.88. The number of carbonyl (C=O) groups excluding carboxylic acids is 2. The number of likely N-dealkylation sites (N-methyl/N-ethyl adjacent to an activating group) is 1. The second kappa shape index (κ2) is 10.8. The first-order valence-corrected chi connectivity index (χ1v) is 12.5. The highest BCUT2D eigenvalue weighted by molar-refractivity contribution is 5.98. The van der Waals surface area contributed by atoms with Gasteiger partial charge in [0.2, 0.25) is 11.5 Å². The number of aromatic nitrogens is 1. The Labute approximate surface area is 227 Å². The monoisotopic (exact) mass is 559 g/mol. The van der Waals surface area contributed by atoms with E-state index in [1.54, 1.807) is 0 Å². The van der Waals surface area contributed by atoms with Gasteiger partial charge in [-0.3, -0.25) is 19.3 Å². The van der Waals surface area contributed by atoms with Crippen LogP contribution >= 0.6 is 0 Å². The number of aromatic amines is 1. The molecule has 0 saturated carbocycles. The van der Waals surface area contributed by atoms with Crippen molar-refractivity contribution in [3.05, 3.63) is 98.5 Å². The first-order chi connectivity index (χ1) is 18.7. The maximum absolute atomic E-state index is 15.1. The molecular formula is C28H29F4N5O3. The van der Waals surface area contributed by atoms with Crippen LogP contribution in [-0.2, 0) is 6.18 Å². The normalized spacial score (nSPS) is 20.4. The van der Waals surface area contributed by atoms with E-state index in [1.165, 1.54) is 18.2 Å². The molecule has 1 fully saturated rings. The summed E-state index contributed by atoms with van der Waals surface area (Å²) < 4.78 is 56.1. The van der Waals surface area contributed by atoms with E-state index < -0.39 is 40.5 Å². The average molecular weight is 560 g/mol. The number of primary amides is 1. The van der Waals surface area contributed by atoms with Crippen molar-refractivity contribution < 1.29 is 27.2 Å². The molecule has 2 aromatic rings. The highest BCUT2D eigenvalue weighted by atomic mass is 19.4. The number of alkyl halides is 3. The van der Waals surface area contributed by atoms with Crippen molar-refractivity contribution in [3.8, 4) is 0 Å². The molecule has 1 aliphatic heterocycles. The van der Waals surface area contributed by atoms with E-state index in [4.69, 9.17) is 5.73 Å². The number of hydrogen-bond donors (Lipinski definition) is 3. The molecule has 1 saturated heterocycles. The molecule has 12 heteroatoms. The Morgan fingerprint density at radius 1 is 1.15 bits per heavy atom. The van der Waals surface area contributed by atoms with Gasteiger partial charge in [0.05, 0.1) is 16.8 Å². The van der Waals surface area contributed by atoms with Crippen LogP contribution < -0.4 is 16.6 Å². The SMILES string of the molecule is C=C1CC(N2CC(C)N(C)[C@@H](C)C2)=C(NC(=O)c2c[nH]c(=O)cc2C(F)(F)F)C=C1c1ccc(C(N)=O)cc1F. The Morgan fingerprint density at radius 2 is 1.80 bits per heavy atom. The molecule has 8 nitrogen and oxygen atoms in total. The zero-order valence-electron chi connectivity index (χ0n) is 22.2. The lowest BCUT2D eigenvalue weighted by Gasteiger charge is -2.45. The summed E-state index contributed by atoms with van der Waals surface area (Å²) in [7, 11) is 1.99. The molecule has 1 aromatic heterocycles. The topological polar surface area (TPSA) is 112 Å². The third kappa shape index (κ3) is 5.71. The zero-order valence-corrected chi connectivity index (χ0v) is 22.2. The number of allylic oxidation sites excluding steroid dienone is 3. The number of rotatable bonds is 5. The van der Waals surface area contributed by atoms with Gasteiger partial charge in [-0.15, -0.1) is 0 Å². The Kier molecular flexibility index (Phi) is 7.75. The maximum atomic E-state index is 15.1. The van der Waals surface area contributed by atoms with Crippen LogP contribution in [0.2, 0.25) is 0 Å². The molecular weight excluding hydrogens is 530 g/mol. The number of nitrogens with one attached hydrogen (secondary N) is 2. The number of amides is 2. The molecule has 2 atom stereocenters. The Bertz CT molecular complexity index is 1500. The number of nitrogens with two attached hydrogens (primary N) is 1. The van der Waals surface area contributed by atoms with Crippen LogP contribution in [0.3, 0.4) is 0 Å². The van der Waals surface area contributed by atoms with E-state index in [0.29, 0.717) is 36.0 Å². The van der Waals surface area contributed by atoms with Crippen molar-refractivity contribution in [2.45, 2.75) is 38.5 Å². The van der Waals surface area contributed by atoms with Crippen LogP contribution in [0.15, 0.2) is 64.9 Å². The molecule has 4 N–H and O–H groups in total. The van der Waals surface area contributed by atoms with Gasteiger partial charge in [0.15, 0.2) is 0 Å². The zero-order chi connectivity index (χ0) is 29.5. The van der Waals surface area contributed by atoms with Gasteiger partial charge >= 0.3 is 6.18 Å². The van der Waals surface area contributed by atoms with Crippen molar-refractivity contribution in [2.75, 3.05) is 20.1 Å². The molecule has 212 valence electrons. The molecule has 40 heavy (non-hydrogen) atoms. The molecule has 0 bridgehead atoms. The van der Waals surface area contributed by atoms with E-state index in [1.807, 2.05) is 25.8 Å². The van der Waals surface area contributed by atoms with Crippen molar-refractivity contribution in [3.63, 3.8) is 0 Å². The van der Waals surface area contributed by atoms with Gasteiger partial charge in [-0.2, -0.15) is 13.2 Å². The standard InChI is InChI=1S/C28H29F4N5O3/c1-14-7-24(37-12-15(2)36(4)16(3)13-37)23(9-19(14)18-6-5-17(26(33)39)8-22(18)29)35-27(40)20-11-34-25(38)10-21(20)28(30,31)32/h5-6,8-11,15-16H,1,7,12-13H2,2-4H3,(H2,33,39)(H,34,38)(H,35,40)/t15-,16?/m0/s1. The smallest absolute Gasteiger partial charge is 0.370 e. The molecule has 1 aliphatic carbocycles. The summed E-state index contributed by atoms with van der Waals surface area (Å²) in [5.41, 5.74) is 3.75. The lowest BCUT2D eigenvalue weighted by Crippen LogP contribution is -2.55. The largest absolute Gasteiger partial charge is 0.417 e. The van der Waals surface area contributed by atoms with Crippen LogP contribution in [0.1, 0.15) is 52.1 Å². The predicted octanol–water partition coefficient (Wildman–Crippen LogP) is 3.64. The molecule has 1 aromatic carbocycles. The summed E-state index contributed by atoms with van der Waals surface area (Å²) in [6, 6.07) is 4.28. The first kappa shape index (κ1) is 28.8. The Morgan fingerprint density at radius 3 is 2.38 bits per heavy atom. The fraction of sp³-hybridized carbons (Fsp3) is 0.321. The van der Waals surface area contributed by atoms with Crippen molar-refractivity contribution in [2.24, 2.45) is 5.73 Å². The quantitative estimate of drug-likeness (QED) is 0.485. The minimum Gasteiger partial charge on any atom is -0.370 e. The van der Waals surface area contributed by atoms with Gasteiger partial charge in [0, 0.05) is 60.7 Å². The summed E-state index contributed by atoms with van der Waals surface area (Å²) in [6.45, 7) is 9.30. The fourth-order valence-electron chi connectivity index (χ4n) is 4.98. The maximum Gasteiger partial charge on any atom is 0.417 e. The van der Waals surface area contributed by atoms with Crippen molar-refractivity contribution >= 4 is 17.4 Å². The summed E-state index contributed by atoms with van der Waals surface area (Å²) in [5.74, 6) is -2.66. The number of H-pyrrole nitrogens is 1. The predicted molar refractivity (Wildman–Crippen MR) is 141 cm³/mol. The minimum atomic E-state index is -4.95. The van der Waals surface area contributed by atoms with Crippen molar-refractivity contribution in [1.29, 1.82) is 0 Å². The van der Waals surface area contributed by atoms with Gasteiger partial charge in [-0.1, -0.05) is 12.6 Å². The van der Waals surface area contributed by atoms with Crippen molar-refractivity contribution in [1.82, 2.24) is 20.1 Å². The Balaban J connectivity index is 1.83. The van der Waals surface area contributed by atoms with Gasteiger partial charge < -0.3 is 20.9 Å². The van der Waals surface area contributed by atoms with Gasteiger partial charge in [0.1, 0.15) is 5.82 Å². The van der Waals surface area contributed by atoms with E-state index in [-0.39, 0.29) is 35.3 Å². The molecule has 0 spiro atoms. The molecule has 2 heterocycles. The highest BCUT2D eigenvalue weighted by Crippen LogP contribution is 2.37. The molecule has 1 unspecified atom stereocenters. The lowest BCUT2D eigenvalue weighted by molar-refractivity contribution is -0.138. The molecule has 2 aliphatic rings. The van der Waals surface area contributed by atoms with Crippen LogP contribution in [0, 0.1) is 5.82 Å². The first-order valence-electron chi connectivity index (χ1n) is 12.5.